The Morgan fingerprint density at radius 1 is 1.33 bits per heavy atom. The number of aliphatic hydroxyl groups is 1. The number of hydrogen-bond donors (Lipinski definition) is 2. The summed E-state index contributed by atoms with van der Waals surface area (Å²) in [4.78, 5) is 17.3. The molecule has 3 aromatic heterocycles. The maximum atomic E-state index is 13.0. The molecule has 9 heteroatoms. The van der Waals surface area contributed by atoms with Crippen molar-refractivity contribution >= 4 is 28.1 Å². The first-order valence-corrected chi connectivity index (χ1v) is 9.97. The highest BCUT2D eigenvalue weighted by molar-refractivity contribution is 6.09. The Kier molecular flexibility index (Phi) is 4.59. The first-order valence-electron chi connectivity index (χ1n) is 9.97. The first-order chi connectivity index (χ1) is 14.6. The van der Waals surface area contributed by atoms with E-state index in [4.69, 9.17) is 4.74 Å². The van der Waals surface area contributed by atoms with Gasteiger partial charge in [-0.3, -0.25) is 9.48 Å². The smallest absolute Gasteiger partial charge is 0.259 e. The Morgan fingerprint density at radius 2 is 2.23 bits per heavy atom. The molecule has 1 amide bonds. The van der Waals surface area contributed by atoms with Gasteiger partial charge in [0.1, 0.15) is 11.4 Å². The van der Waals surface area contributed by atoms with Gasteiger partial charge in [0.25, 0.3) is 5.91 Å². The predicted molar refractivity (Wildman–Crippen MR) is 111 cm³/mol. The average molecular weight is 406 g/mol. The maximum Gasteiger partial charge on any atom is 0.259 e. The highest BCUT2D eigenvalue weighted by Crippen LogP contribution is 2.31. The lowest BCUT2D eigenvalue weighted by molar-refractivity contribution is 0.100. The summed E-state index contributed by atoms with van der Waals surface area (Å²) in [7, 11) is 1.53. The van der Waals surface area contributed by atoms with Gasteiger partial charge in [-0.15, -0.1) is 0 Å². The summed E-state index contributed by atoms with van der Waals surface area (Å²) in [6.07, 6.45) is 10.1. The third kappa shape index (κ3) is 3.26. The number of nitrogens with one attached hydrogen (secondary N) is 1. The van der Waals surface area contributed by atoms with E-state index in [1.165, 1.54) is 7.11 Å². The van der Waals surface area contributed by atoms with Gasteiger partial charge in [-0.05, 0) is 37.8 Å². The van der Waals surface area contributed by atoms with E-state index in [-0.39, 0.29) is 18.1 Å². The van der Waals surface area contributed by atoms with Crippen molar-refractivity contribution in [3.63, 3.8) is 0 Å². The minimum Gasteiger partial charge on any atom is -0.496 e. The van der Waals surface area contributed by atoms with Gasteiger partial charge in [-0.25, -0.2) is 9.50 Å². The van der Waals surface area contributed by atoms with E-state index in [1.54, 1.807) is 41.3 Å². The number of aromatic nitrogens is 5. The summed E-state index contributed by atoms with van der Waals surface area (Å²) in [5.74, 6) is 0.133. The van der Waals surface area contributed by atoms with Crippen LogP contribution in [0.15, 0.2) is 43.0 Å². The van der Waals surface area contributed by atoms with Crippen LogP contribution in [0.25, 0.3) is 16.6 Å². The van der Waals surface area contributed by atoms with Crippen LogP contribution in [0.4, 0.5) is 5.69 Å². The van der Waals surface area contributed by atoms with E-state index in [9.17, 15) is 9.90 Å². The molecule has 0 radical (unpaired) electrons. The molecule has 30 heavy (non-hydrogen) atoms. The summed E-state index contributed by atoms with van der Waals surface area (Å²) in [5.41, 5.74) is 2.24. The Balaban J connectivity index is 1.47. The summed E-state index contributed by atoms with van der Waals surface area (Å²) in [5, 5.41) is 22.6. The largest absolute Gasteiger partial charge is 0.496 e. The van der Waals surface area contributed by atoms with Crippen molar-refractivity contribution in [1.82, 2.24) is 24.4 Å². The van der Waals surface area contributed by atoms with E-state index >= 15 is 0 Å². The molecule has 0 aliphatic heterocycles. The third-order valence-electron chi connectivity index (χ3n) is 5.61. The number of ether oxygens (including phenoxy) is 1. The second kappa shape index (κ2) is 7.42. The molecule has 0 spiro atoms. The Labute approximate surface area is 172 Å². The number of carbonyl (C=O) groups is 1. The van der Waals surface area contributed by atoms with Gasteiger partial charge in [-0.1, -0.05) is 0 Å². The Hall–Kier alpha value is -3.46. The highest BCUT2D eigenvalue weighted by atomic mass is 16.5. The number of carbonyl (C=O) groups excluding carboxylic acids is 1. The average Bonchev–Trinajstić information content (AvgIpc) is 3.36. The van der Waals surface area contributed by atoms with E-state index in [2.05, 4.69) is 20.5 Å². The van der Waals surface area contributed by atoms with E-state index in [0.717, 1.165) is 30.2 Å². The molecule has 1 aliphatic carbocycles. The van der Waals surface area contributed by atoms with Crippen LogP contribution in [0.2, 0.25) is 0 Å². The fourth-order valence-electron chi connectivity index (χ4n) is 4.09. The number of hydrogen-bond acceptors (Lipinski definition) is 6. The molecule has 0 bridgehead atoms. The number of methoxy groups -OCH3 is 1. The minimum absolute atomic E-state index is 0.161. The number of anilines is 1. The zero-order chi connectivity index (χ0) is 20.7. The van der Waals surface area contributed by atoms with Crippen LogP contribution < -0.4 is 10.1 Å². The van der Waals surface area contributed by atoms with Crippen LogP contribution in [-0.4, -0.2) is 48.6 Å². The molecular weight excluding hydrogens is 384 g/mol. The summed E-state index contributed by atoms with van der Waals surface area (Å²) >= 11 is 0. The van der Waals surface area contributed by atoms with Crippen molar-refractivity contribution in [2.45, 2.75) is 37.8 Å². The lowest BCUT2D eigenvalue weighted by Gasteiger charge is -2.25. The standard InChI is InChI=1S/C21H22N6O3/c1-30-19-10-17-13(12-27(25-17)14-4-2-5-15(28)9-14)8-16(19)21(29)24-18-11-23-26-7-3-6-22-20(18)26/h3,6-8,10-12,14-15,28H,2,4-5,9H2,1H3,(H,24,29). The molecule has 4 aromatic rings. The van der Waals surface area contributed by atoms with Crippen LogP contribution >= 0.6 is 0 Å². The normalized spacial score (nSPS) is 19.3. The Bertz CT molecular complexity index is 1230. The third-order valence-corrected chi connectivity index (χ3v) is 5.61. The van der Waals surface area contributed by atoms with Gasteiger partial charge >= 0.3 is 0 Å². The SMILES string of the molecule is COc1cc2nn(C3CCCC(O)C3)cc2cc1C(=O)Nc1cnn2cccnc12. The molecule has 2 N–H and O–H groups in total. The Morgan fingerprint density at radius 3 is 3.07 bits per heavy atom. The van der Waals surface area contributed by atoms with Gasteiger partial charge in [0, 0.05) is 30.0 Å². The fourth-order valence-corrected chi connectivity index (χ4v) is 4.09. The molecule has 9 nitrogen and oxygen atoms in total. The molecule has 3 heterocycles. The number of fused-ring (bicyclic) bond motifs is 2. The second-order valence-electron chi connectivity index (χ2n) is 7.59. The molecule has 1 aliphatic rings. The predicted octanol–water partition coefficient (Wildman–Crippen LogP) is 2.82. The van der Waals surface area contributed by atoms with Crippen LogP contribution in [0.3, 0.4) is 0 Å². The van der Waals surface area contributed by atoms with Crippen LogP contribution in [0.5, 0.6) is 5.75 Å². The van der Waals surface area contributed by atoms with E-state index in [0.29, 0.717) is 29.1 Å². The van der Waals surface area contributed by atoms with Crippen molar-refractivity contribution in [1.29, 1.82) is 0 Å². The van der Waals surface area contributed by atoms with Crippen molar-refractivity contribution in [2.75, 3.05) is 12.4 Å². The van der Waals surface area contributed by atoms with Crippen molar-refractivity contribution in [2.24, 2.45) is 0 Å². The topological polar surface area (TPSA) is 107 Å². The quantitative estimate of drug-likeness (QED) is 0.540. The van der Waals surface area contributed by atoms with E-state index < -0.39 is 0 Å². The van der Waals surface area contributed by atoms with Crippen molar-refractivity contribution < 1.29 is 14.6 Å². The molecule has 1 saturated carbocycles. The molecular formula is C21H22N6O3. The molecule has 2 atom stereocenters. The van der Waals surface area contributed by atoms with E-state index in [1.807, 2.05) is 10.9 Å². The molecule has 2 unspecified atom stereocenters. The van der Waals surface area contributed by atoms with Gasteiger partial charge in [-0.2, -0.15) is 10.2 Å². The van der Waals surface area contributed by atoms with Crippen molar-refractivity contribution in [3.05, 3.63) is 48.5 Å². The fraction of sp³-hybridized carbons (Fsp3) is 0.333. The van der Waals surface area contributed by atoms with Gasteiger partial charge in [0.15, 0.2) is 5.65 Å². The molecule has 5 rings (SSSR count). The number of aliphatic hydroxyl groups excluding tert-OH is 1. The van der Waals surface area contributed by atoms with Crippen LogP contribution in [0.1, 0.15) is 42.1 Å². The molecule has 1 aromatic carbocycles. The monoisotopic (exact) mass is 406 g/mol. The zero-order valence-electron chi connectivity index (χ0n) is 16.5. The number of rotatable bonds is 4. The summed E-state index contributed by atoms with van der Waals surface area (Å²) in [6, 6.07) is 5.49. The zero-order valence-corrected chi connectivity index (χ0v) is 16.5. The van der Waals surface area contributed by atoms with Gasteiger partial charge < -0.3 is 15.2 Å². The summed E-state index contributed by atoms with van der Waals surface area (Å²) < 4.78 is 8.97. The number of nitrogens with zero attached hydrogens (tertiary/aromatic N) is 5. The number of benzene rings is 1. The minimum atomic E-state index is -0.310. The second-order valence-corrected chi connectivity index (χ2v) is 7.59. The van der Waals surface area contributed by atoms with Crippen LogP contribution in [-0.2, 0) is 0 Å². The van der Waals surface area contributed by atoms with Crippen molar-refractivity contribution in [3.8, 4) is 5.75 Å². The summed E-state index contributed by atoms with van der Waals surface area (Å²) in [6.45, 7) is 0. The number of amides is 1. The lowest BCUT2D eigenvalue weighted by Crippen LogP contribution is -2.22. The molecule has 154 valence electrons. The van der Waals surface area contributed by atoms with Crippen LogP contribution in [0, 0.1) is 0 Å². The van der Waals surface area contributed by atoms with Gasteiger partial charge in [0.2, 0.25) is 0 Å². The maximum absolute atomic E-state index is 13.0. The molecule has 1 fully saturated rings. The first kappa shape index (κ1) is 18.6. The highest BCUT2D eigenvalue weighted by Gasteiger charge is 2.23. The van der Waals surface area contributed by atoms with Gasteiger partial charge in [0.05, 0.1) is 36.5 Å². The molecule has 0 saturated heterocycles. The lowest BCUT2D eigenvalue weighted by atomic mass is 9.93.